The van der Waals surface area contributed by atoms with E-state index in [1.165, 1.54) is 167 Å². The Morgan fingerprint density at radius 2 is 1.27 bits per heavy atom. The van der Waals surface area contributed by atoms with Gasteiger partial charge in [-0.15, -0.1) is 0 Å². The van der Waals surface area contributed by atoms with E-state index in [1.807, 2.05) is 21.6 Å². The number of carbonyl (C=O) groups excluding carboxylic acids is 2. The number of allylic oxidation sites excluding steroid dienone is 2. The van der Waals surface area contributed by atoms with Crippen molar-refractivity contribution >= 4 is 33.4 Å². The molecule has 0 spiro atoms. The van der Waals surface area contributed by atoms with Gasteiger partial charge in [-0.2, -0.15) is 0 Å². The van der Waals surface area contributed by atoms with Crippen LogP contribution in [0, 0.1) is 46.3 Å². The van der Waals surface area contributed by atoms with Gasteiger partial charge in [0.2, 0.25) is 11.8 Å². The van der Waals surface area contributed by atoms with Crippen molar-refractivity contribution in [3.63, 3.8) is 0 Å². The van der Waals surface area contributed by atoms with Crippen LogP contribution in [-0.2, 0) is 9.59 Å². The molecule has 0 heterocycles. The summed E-state index contributed by atoms with van der Waals surface area (Å²) < 4.78 is 0. The number of unbranched alkanes of at least 4 members (excludes halogenated alkanes) is 16. The van der Waals surface area contributed by atoms with Crippen molar-refractivity contribution in [1.82, 2.24) is 26.6 Å². The second-order valence-corrected chi connectivity index (χ2v) is 26.8. The van der Waals surface area contributed by atoms with Gasteiger partial charge in [0.1, 0.15) is 6.04 Å². The highest BCUT2D eigenvalue weighted by molar-refractivity contribution is 8.77. The zero-order valence-corrected chi connectivity index (χ0v) is 48.3. The third-order valence-electron chi connectivity index (χ3n) is 18.2. The molecule has 0 radical (unpaired) electrons. The van der Waals surface area contributed by atoms with Crippen molar-refractivity contribution in [3.05, 3.63) is 11.6 Å². The summed E-state index contributed by atoms with van der Waals surface area (Å²) in [7, 11) is 3.79. The molecule has 2 unspecified atom stereocenters. The van der Waals surface area contributed by atoms with Gasteiger partial charge in [-0.1, -0.05) is 190 Å². The van der Waals surface area contributed by atoms with E-state index in [4.69, 9.17) is 5.73 Å². The number of amides is 2. The Kier molecular flexibility index (Phi) is 32.0. The summed E-state index contributed by atoms with van der Waals surface area (Å²) in [6.45, 7) is 21.5. The van der Waals surface area contributed by atoms with Crippen LogP contribution in [0.2, 0.25) is 0 Å². The molecule has 0 aromatic rings. The molecule has 2 amide bonds. The first-order chi connectivity index (χ1) is 34.0. The molecular formula is C60H114N6O2S2. The molecule has 0 bridgehead atoms. The number of hydrogen-bond acceptors (Lipinski definition) is 8. The molecule has 408 valence electrons. The van der Waals surface area contributed by atoms with Crippen LogP contribution < -0.4 is 32.3 Å². The van der Waals surface area contributed by atoms with Crippen molar-refractivity contribution in [2.24, 2.45) is 52.1 Å². The average Bonchev–Trinajstić information content (AvgIpc) is 3.70. The molecule has 0 aliphatic heterocycles. The first kappa shape index (κ1) is 61.8. The van der Waals surface area contributed by atoms with Gasteiger partial charge in [-0.05, 0) is 169 Å². The summed E-state index contributed by atoms with van der Waals surface area (Å²) in [5.74, 6) is 5.68. The molecule has 3 fully saturated rings. The molecule has 70 heavy (non-hydrogen) atoms. The number of nitrogens with two attached hydrogens (primary N) is 1. The Hall–Kier alpha value is -0.780. The predicted molar refractivity (Wildman–Crippen MR) is 308 cm³/mol. The lowest BCUT2D eigenvalue weighted by Crippen LogP contribution is -2.51. The quantitative estimate of drug-likeness (QED) is 0.0203. The molecule has 4 rings (SSSR count). The molecule has 0 aromatic heterocycles. The minimum absolute atomic E-state index is 0.0261. The van der Waals surface area contributed by atoms with Gasteiger partial charge in [0.15, 0.2) is 0 Å². The standard InChI is InChI=1S/C60H114N6O2S2/c1-7-8-9-10-11-12-13-14-15-16-17-18-19-20-21-22-44-65-58(68)56(66-57(67)46-64-43-27-42-63-40-24-23-39-62-41-26-38-61)47-69-70-51-34-36-59(5)50(45-51)30-31-52-54-33-32-53(49(4)29-25-28-48(2)3)60(54,6)37-35-55(52)59/h30,48-49,51-56,62-64H,7-29,31-47,61H2,1-6H3,(H,65,68)(H,66,67)/t49-,51?,52+,53-,54+,55+,56?,59+,60-/m1/s1. The van der Waals surface area contributed by atoms with Gasteiger partial charge in [0.05, 0.1) is 6.54 Å². The zero-order valence-electron chi connectivity index (χ0n) is 46.7. The maximum Gasteiger partial charge on any atom is 0.243 e. The third kappa shape index (κ3) is 22.2. The van der Waals surface area contributed by atoms with Gasteiger partial charge >= 0.3 is 0 Å². The van der Waals surface area contributed by atoms with Crippen LogP contribution in [0.5, 0.6) is 0 Å². The monoisotopic (exact) mass is 1010 g/mol. The zero-order chi connectivity index (χ0) is 50.3. The summed E-state index contributed by atoms with van der Waals surface area (Å²) in [5.41, 5.74) is 8.19. The lowest BCUT2D eigenvalue weighted by atomic mass is 9.47. The second kappa shape index (κ2) is 36.2. The minimum Gasteiger partial charge on any atom is -0.354 e. The van der Waals surface area contributed by atoms with Crippen LogP contribution in [0.4, 0.5) is 0 Å². The molecule has 3 saturated carbocycles. The molecule has 0 saturated heterocycles. The number of hydrogen-bond donors (Lipinski definition) is 6. The van der Waals surface area contributed by atoms with E-state index in [2.05, 4.69) is 74.2 Å². The van der Waals surface area contributed by atoms with Gasteiger partial charge in [0, 0.05) is 17.5 Å². The Morgan fingerprint density at radius 1 is 0.671 bits per heavy atom. The highest BCUT2D eigenvalue weighted by Crippen LogP contribution is 2.67. The van der Waals surface area contributed by atoms with Gasteiger partial charge < -0.3 is 32.3 Å². The summed E-state index contributed by atoms with van der Waals surface area (Å²) in [6, 6.07) is -0.521. The first-order valence-corrected chi connectivity index (χ1v) is 32.8. The highest BCUT2D eigenvalue weighted by atomic mass is 33.1. The second-order valence-electron chi connectivity index (χ2n) is 24.1. The van der Waals surface area contributed by atoms with Crippen molar-refractivity contribution < 1.29 is 9.59 Å². The number of rotatable bonds is 42. The van der Waals surface area contributed by atoms with Crippen molar-refractivity contribution in [2.45, 2.75) is 252 Å². The summed E-state index contributed by atoms with van der Waals surface area (Å²) in [5, 5.41) is 17.2. The fraction of sp³-hybridized carbons (Fsp3) is 0.933. The number of nitrogens with one attached hydrogen (secondary N) is 5. The Balaban J connectivity index is 1.17. The molecular weight excluding hydrogens is 901 g/mol. The Bertz CT molecular complexity index is 1420. The fourth-order valence-corrected chi connectivity index (χ4v) is 16.7. The lowest BCUT2D eigenvalue weighted by Gasteiger charge is -2.58. The summed E-state index contributed by atoms with van der Waals surface area (Å²) >= 11 is 0. The topological polar surface area (TPSA) is 120 Å². The van der Waals surface area contributed by atoms with Gasteiger partial charge in [-0.3, -0.25) is 9.59 Å². The molecule has 7 N–H and O–H groups in total. The molecule has 9 atom stereocenters. The lowest BCUT2D eigenvalue weighted by molar-refractivity contribution is -0.128. The number of carbonyl (C=O) groups is 2. The summed E-state index contributed by atoms with van der Waals surface area (Å²) in [4.78, 5) is 27.0. The smallest absolute Gasteiger partial charge is 0.243 e. The van der Waals surface area contributed by atoms with E-state index >= 15 is 0 Å². The first-order valence-electron chi connectivity index (χ1n) is 30.4. The SMILES string of the molecule is CCCCCCCCCCCCCCCCCCNC(=O)C(CSSC1CC[C@@]2(C)C(=CC[C@H]3[C@@H]4CC[C@H]([C@H](C)CCCC(C)C)[C@@]4(C)CC[C@@H]32)C1)NC(=O)CNCCCNCCCCNCCCN. The fourth-order valence-electron chi connectivity index (χ4n) is 13.9. The van der Waals surface area contributed by atoms with Crippen molar-refractivity contribution in [1.29, 1.82) is 0 Å². The van der Waals surface area contributed by atoms with Crippen LogP contribution in [0.25, 0.3) is 0 Å². The van der Waals surface area contributed by atoms with Crippen LogP contribution in [0.1, 0.15) is 241 Å². The Morgan fingerprint density at radius 3 is 1.91 bits per heavy atom. The largest absolute Gasteiger partial charge is 0.354 e. The molecule has 10 heteroatoms. The van der Waals surface area contributed by atoms with Gasteiger partial charge in [-0.25, -0.2) is 0 Å². The van der Waals surface area contributed by atoms with Crippen LogP contribution in [-0.4, -0.2) is 81.2 Å². The van der Waals surface area contributed by atoms with Crippen molar-refractivity contribution in [2.75, 3.05) is 58.1 Å². The van der Waals surface area contributed by atoms with Crippen LogP contribution in [0.3, 0.4) is 0 Å². The van der Waals surface area contributed by atoms with Crippen LogP contribution in [0.15, 0.2) is 11.6 Å². The molecule has 0 aromatic carbocycles. The van der Waals surface area contributed by atoms with E-state index in [0.29, 0.717) is 28.4 Å². The maximum atomic E-state index is 13.7. The average molecular weight is 1020 g/mol. The molecule has 4 aliphatic carbocycles. The predicted octanol–water partition coefficient (Wildman–Crippen LogP) is 13.9. The minimum atomic E-state index is -0.521. The normalized spacial score (nSPS) is 26.1. The third-order valence-corrected chi connectivity index (χ3v) is 21.1. The van der Waals surface area contributed by atoms with Crippen LogP contribution >= 0.6 is 21.6 Å². The van der Waals surface area contributed by atoms with E-state index < -0.39 is 6.04 Å². The molecule has 8 nitrogen and oxygen atoms in total. The van der Waals surface area contributed by atoms with Crippen molar-refractivity contribution in [3.8, 4) is 0 Å². The summed E-state index contributed by atoms with van der Waals surface area (Å²) in [6.07, 6.45) is 43.5. The van der Waals surface area contributed by atoms with E-state index in [9.17, 15) is 9.59 Å². The molecule has 4 aliphatic rings. The van der Waals surface area contributed by atoms with E-state index in [-0.39, 0.29) is 18.4 Å². The van der Waals surface area contributed by atoms with E-state index in [0.717, 1.165) is 107 Å². The van der Waals surface area contributed by atoms with Gasteiger partial charge in [0.25, 0.3) is 0 Å². The highest BCUT2D eigenvalue weighted by Gasteiger charge is 2.59. The maximum absolute atomic E-state index is 13.7. The van der Waals surface area contributed by atoms with E-state index in [1.54, 1.807) is 5.57 Å². The number of fused-ring (bicyclic) bond motifs is 5. The Labute approximate surface area is 441 Å².